The highest BCUT2D eigenvalue weighted by Crippen LogP contribution is 2.24. The summed E-state index contributed by atoms with van der Waals surface area (Å²) in [6, 6.07) is 0. The van der Waals surface area contributed by atoms with Crippen LogP contribution in [0.25, 0.3) is 0 Å². The molecule has 2 N–H and O–H groups in total. The second-order valence-electron chi connectivity index (χ2n) is 2.48. The fraction of sp³-hybridized carbons (Fsp3) is 0.500. The molecule has 4 nitrogen and oxygen atoms in total. The molecule has 2 rings (SSSR count). The Hall–Kier alpha value is -0.870. The summed E-state index contributed by atoms with van der Waals surface area (Å²) in [6.45, 7) is 0.455. The lowest BCUT2D eigenvalue weighted by molar-refractivity contribution is 0.0305. The molecule has 10 heavy (non-hydrogen) atoms. The quantitative estimate of drug-likeness (QED) is 0.500. The van der Waals surface area contributed by atoms with Crippen molar-refractivity contribution in [2.24, 2.45) is 0 Å². The zero-order valence-electron chi connectivity index (χ0n) is 5.31. The number of fused-ring (bicyclic) bond motifs is 1. The molecule has 2 heterocycles. The molecule has 1 aromatic heterocycles. The Morgan fingerprint density at radius 1 is 1.60 bits per heavy atom. The summed E-state index contributed by atoms with van der Waals surface area (Å²) in [4.78, 5) is 3.82. The van der Waals surface area contributed by atoms with Gasteiger partial charge in [0, 0.05) is 0 Å². The lowest BCUT2D eigenvalue weighted by atomic mass is 10.2. The van der Waals surface area contributed by atoms with Crippen LogP contribution in [0.15, 0.2) is 12.5 Å². The van der Waals surface area contributed by atoms with Gasteiger partial charge < -0.3 is 14.8 Å². The average Bonchev–Trinajstić information content (AvgIpc) is 2.41. The van der Waals surface area contributed by atoms with Gasteiger partial charge in [-0.2, -0.15) is 0 Å². The van der Waals surface area contributed by atoms with Crippen LogP contribution in [0.1, 0.15) is 11.8 Å². The molecule has 0 amide bonds. The van der Waals surface area contributed by atoms with Gasteiger partial charge in [0.2, 0.25) is 0 Å². The Labute approximate surface area is 57.7 Å². The molecule has 54 valence electrons. The van der Waals surface area contributed by atoms with E-state index in [0.29, 0.717) is 12.2 Å². The van der Waals surface area contributed by atoms with Crippen molar-refractivity contribution in [2.45, 2.75) is 18.8 Å². The standard InChI is InChI=1S/C6H8N2O2/c9-5-2-8-3-7-1-4(8)6(5)10/h1,3,5-6,9-10H,2H2/t5-,6+/m1/s1. The monoisotopic (exact) mass is 140 g/mol. The maximum Gasteiger partial charge on any atom is 0.123 e. The summed E-state index contributed by atoms with van der Waals surface area (Å²) in [7, 11) is 0. The van der Waals surface area contributed by atoms with Crippen molar-refractivity contribution >= 4 is 0 Å². The van der Waals surface area contributed by atoms with Crippen LogP contribution in [0.5, 0.6) is 0 Å². The largest absolute Gasteiger partial charge is 0.388 e. The van der Waals surface area contributed by atoms with Gasteiger partial charge in [0.15, 0.2) is 0 Å². The Morgan fingerprint density at radius 2 is 2.40 bits per heavy atom. The van der Waals surface area contributed by atoms with Crippen molar-refractivity contribution in [3.05, 3.63) is 18.2 Å². The fourth-order valence-corrected chi connectivity index (χ4v) is 1.23. The lowest BCUT2D eigenvalue weighted by Crippen LogP contribution is -2.12. The minimum Gasteiger partial charge on any atom is -0.388 e. The number of nitrogens with zero attached hydrogens (tertiary/aromatic N) is 2. The van der Waals surface area contributed by atoms with Crippen LogP contribution < -0.4 is 0 Å². The molecule has 0 unspecified atom stereocenters. The first-order chi connectivity index (χ1) is 4.79. The Morgan fingerprint density at radius 3 is 3.10 bits per heavy atom. The number of hydrogen-bond acceptors (Lipinski definition) is 3. The maximum absolute atomic E-state index is 9.23. The predicted molar refractivity (Wildman–Crippen MR) is 33.2 cm³/mol. The molecule has 0 aliphatic carbocycles. The number of hydrogen-bond donors (Lipinski definition) is 2. The molecule has 0 radical (unpaired) electrons. The Kier molecular flexibility index (Phi) is 1.06. The van der Waals surface area contributed by atoms with Gasteiger partial charge in [-0.05, 0) is 0 Å². The van der Waals surface area contributed by atoms with Gasteiger partial charge in [-0.3, -0.25) is 0 Å². The van der Waals surface area contributed by atoms with E-state index in [1.807, 2.05) is 0 Å². The lowest BCUT2D eigenvalue weighted by Gasteiger charge is -2.03. The zero-order chi connectivity index (χ0) is 7.14. The number of imidazole rings is 1. The molecule has 0 saturated carbocycles. The molecule has 0 fully saturated rings. The molecule has 0 saturated heterocycles. The number of aromatic nitrogens is 2. The molecule has 4 heteroatoms. The van der Waals surface area contributed by atoms with Gasteiger partial charge in [-0.15, -0.1) is 0 Å². The van der Waals surface area contributed by atoms with Gasteiger partial charge in [0.1, 0.15) is 12.2 Å². The van der Waals surface area contributed by atoms with Crippen molar-refractivity contribution in [1.29, 1.82) is 0 Å². The van der Waals surface area contributed by atoms with E-state index in [1.54, 1.807) is 17.1 Å². The molecule has 1 aromatic rings. The third-order valence-electron chi connectivity index (χ3n) is 1.80. The summed E-state index contributed by atoms with van der Waals surface area (Å²) in [5.41, 5.74) is 0.701. The van der Waals surface area contributed by atoms with Crippen LogP contribution in [0.3, 0.4) is 0 Å². The van der Waals surface area contributed by atoms with E-state index >= 15 is 0 Å². The van der Waals surface area contributed by atoms with Crippen molar-refractivity contribution in [2.75, 3.05) is 0 Å². The van der Waals surface area contributed by atoms with Gasteiger partial charge in [0.25, 0.3) is 0 Å². The smallest absolute Gasteiger partial charge is 0.123 e. The first kappa shape index (κ1) is 5.88. The van der Waals surface area contributed by atoms with Crippen molar-refractivity contribution in [3.8, 4) is 0 Å². The van der Waals surface area contributed by atoms with Crippen molar-refractivity contribution in [1.82, 2.24) is 9.55 Å². The summed E-state index contributed by atoms with van der Waals surface area (Å²) in [5, 5.41) is 18.3. The number of aliphatic hydroxyl groups is 2. The van der Waals surface area contributed by atoms with E-state index in [2.05, 4.69) is 4.98 Å². The summed E-state index contributed by atoms with van der Waals surface area (Å²) in [6.07, 6.45) is 1.77. The Bertz CT molecular complexity index is 246. The predicted octanol–water partition coefficient (Wildman–Crippen LogP) is -0.709. The van der Waals surface area contributed by atoms with Crippen molar-refractivity contribution < 1.29 is 10.2 Å². The number of aliphatic hydroxyl groups excluding tert-OH is 2. The highest BCUT2D eigenvalue weighted by Gasteiger charge is 2.28. The van der Waals surface area contributed by atoms with Crippen LogP contribution in [0.4, 0.5) is 0 Å². The normalized spacial score (nSPS) is 30.6. The van der Waals surface area contributed by atoms with E-state index in [1.165, 1.54) is 0 Å². The SMILES string of the molecule is O[C@@H]1Cn2cncc2[C@@H]1O. The highest BCUT2D eigenvalue weighted by atomic mass is 16.3. The minimum atomic E-state index is -0.748. The maximum atomic E-state index is 9.23. The molecule has 0 bridgehead atoms. The van der Waals surface area contributed by atoms with E-state index in [0.717, 1.165) is 0 Å². The first-order valence-electron chi connectivity index (χ1n) is 3.15. The van der Waals surface area contributed by atoms with Gasteiger partial charge in [-0.1, -0.05) is 0 Å². The summed E-state index contributed by atoms with van der Waals surface area (Å²) in [5.74, 6) is 0. The molecule has 0 spiro atoms. The zero-order valence-corrected chi connectivity index (χ0v) is 5.31. The third-order valence-corrected chi connectivity index (χ3v) is 1.80. The molecule has 0 aromatic carbocycles. The van der Waals surface area contributed by atoms with E-state index < -0.39 is 12.2 Å². The van der Waals surface area contributed by atoms with E-state index in [4.69, 9.17) is 5.11 Å². The molecular weight excluding hydrogens is 132 g/mol. The Balaban J connectivity index is 2.43. The number of rotatable bonds is 0. The minimum absolute atomic E-state index is 0.455. The molecule has 1 aliphatic rings. The highest BCUT2D eigenvalue weighted by molar-refractivity contribution is 5.09. The van der Waals surface area contributed by atoms with E-state index in [9.17, 15) is 5.11 Å². The van der Waals surface area contributed by atoms with Gasteiger partial charge in [0.05, 0.1) is 24.8 Å². The average molecular weight is 140 g/mol. The second kappa shape index (κ2) is 1.81. The van der Waals surface area contributed by atoms with Crippen LogP contribution >= 0.6 is 0 Å². The first-order valence-corrected chi connectivity index (χ1v) is 3.15. The van der Waals surface area contributed by atoms with Gasteiger partial charge in [-0.25, -0.2) is 4.98 Å². The fourth-order valence-electron chi connectivity index (χ4n) is 1.23. The van der Waals surface area contributed by atoms with Crippen molar-refractivity contribution in [3.63, 3.8) is 0 Å². The van der Waals surface area contributed by atoms with Crippen LogP contribution in [-0.2, 0) is 6.54 Å². The van der Waals surface area contributed by atoms with E-state index in [-0.39, 0.29) is 0 Å². The summed E-state index contributed by atoms with van der Waals surface area (Å²) < 4.78 is 1.75. The third kappa shape index (κ3) is 0.600. The molecular formula is C6H8N2O2. The topological polar surface area (TPSA) is 58.3 Å². The van der Waals surface area contributed by atoms with Crippen LogP contribution in [-0.4, -0.2) is 25.9 Å². The molecule has 1 aliphatic heterocycles. The van der Waals surface area contributed by atoms with Gasteiger partial charge >= 0.3 is 0 Å². The summed E-state index contributed by atoms with van der Waals surface area (Å²) >= 11 is 0. The van der Waals surface area contributed by atoms with Crippen LogP contribution in [0, 0.1) is 0 Å². The van der Waals surface area contributed by atoms with Crippen LogP contribution in [0.2, 0.25) is 0 Å². The molecule has 2 atom stereocenters. The second-order valence-corrected chi connectivity index (χ2v) is 2.48.